The Morgan fingerprint density at radius 2 is 2.55 bits per heavy atom. The largest absolute Gasteiger partial charge is 0.394 e. The first kappa shape index (κ1) is 8.23. The van der Waals surface area contributed by atoms with Gasteiger partial charge in [-0.25, -0.2) is 4.98 Å². The van der Waals surface area contributed by atoms with Crippen molar-refractivity contribution in [1.29, 1.82) is 0 Å². The van der Waals surface area contributed by atoms with Gasteiger partial charge in [0.2, 0.25) is 0 Å². The fraction of sp³-hybridized carbons (Fsp3) is 0.571. The van der Waals surface area contributed by atoms with E-state index in [9.17, 15) is 0 Å². The maximum Gasteiger partial charge on any atom is 0.0946 e. The van der Waals surface area contributed by atoms with Gasteiger partial charge in [-0.3, -0.25) is 0 Å². The van der Waals surface area contributed by atoms with E-state index in [0.29, 0.717) is 0 Å². The highest BCUT2D eigenvalue weighted by molar-refractivity contribution is 5.04. The zero-order valence-corrected chi connectivity index (χ0v) is 6.78. The Morgan fingerprint density at radius 1 is 1.82 bits per heavy atom. The van der Waals surface area contributed by atoms with Gasteiger partial charge >= 0.3 is 0 Å². The molecule has 1 aromatic rings. The van der Waals surface area contributed by atoms with Crippen LogP contribution in [0.5, 0.6) is 0 Å². The number of nitrogens with one attached hydrogen (secondary N) is 1. The summed E-state index contributed by atoms with van der Waals surface area (Å²) in [6.45, 7) is 0.0933. The van der Waals surface area contributed by atoms with Crippen molar-refractivity contribution >= 4 is 0 Å². The molecule has 2 N–H and O–H groups in total. The third-order valence-corrected chi connectivity index (χ3v) is 1.74. The highest BCUT2D eigenvalue weighted by Gasteiger charge is 2.09. The third-order valence-electron chi connectivity index (χ3n) is 1.74. The van der Waals surface area contributed by atoms with Crippen molar-refractivity contribution in [3.05, 3.63) is 18.2 Å². The number of aliphatic hydroxyl groups is 1. The molecule has 1 aromatic heterocycles. The molecule has 0 bridgehead atoms. The van der Waals surface area contributed by atoms with Gasteiger partial charge in [0.1, 0.15) is 0 Å². The normalized spacial score (nSPS) is 13.4. The van der Waals surface area contributed by atoms with Crippen LogP contribution in [0.15, 0.2) is 12.5 Å². The predicted molar refractivity (Wildman–Crippen MR) is 42.1 cm³/mol. The zero-order valence-electron chi connectivity index (χ0n) is 6.78. The lowest BCUT2D eigenvalue weighted by Crippen LogP contribution is -2.22. The van der Waals surface area contributed by atoms with Crippen LogP contribution in [0.2, 0.25) is 0 Å². The molecule has 0 aromatic carbocycles. The van der Waals surface area contributed by atoms with E-state index in [4.69, 9.17) is 5.11 Å². The number of aromatic nitrogens is 2. The highest BCUT2D eigenvalue weighted by Crippen LogP contribution is 2.08. The molecule has 1 rings (SSSR count). The van der Waals surface area contributed by atoms with Gasteiger partial charge in [0.25, 0.3) is 0 Å². The van der Waals surface area contributed by atoms with E-state index < -0.39 is 0 Å². The van der Waals surface area contributed by atoms with Gasteiger partial charge in [0.05, 0.1) is 24.7 Å². The van der Waals surface area contributed by atoms with Crippen LogP contribution in [0.3, 0.4) is 0 Å². The molecule has 11 heavy (non-hydrogen) atoms. The first-order valence-corrected chi connectivity index (χ1v) is 3.54. The first-order chi connectivity index (χ1) is 5.29. The SMILES string of the molecule is CNC(CO)c1cncn1C. The molecule has 1 heterocycles. The van der Waals surface area contributed by atoms with Crippen LogP contribution >= 0.6 is 0 Å². The van der Waals surface area contributed by atoms with Crippen molar-refractivity contribution in [3.8, 4) is 0 Å². The van der Waals surface area contributed by atoms with Crippen molar-refractivity contribution in [3.63, 3.8) is 0 Å². The van der Waals surface area contributed by atoms with Crippen LogP contribution < -0.4 is 5.32 Å². The Morgan fingerprint density at radius 3 is 2.91 bits per heavy atom. The van der Waals surface area contributed by atoms with Gasteiger partial charge in [-0.05, 0) is 7.05 Å². The maximum absolute atomic E-state index is 8.92. The first-order valence-electron chi connectivity index (χ1n) is 3.54. The van der Waals surface area contributed by atoms with Crippen LogP contribution in [0.25, 0.3) is 0 Å². The molecule has 0 amide bonds. The minimum Gasteiger partial charge on any atom is -0.394 e. The molecule has 1 unspecified atom stereocenters. The van der Waals surface area contributed by atoms with Crippen LogP contribution in [0, 0.1) is 0 Å². The van der Waals surface area contributed by atoms with Crippen LogP contribution in [0.4, 0.5) is 0 Å². The number of imidazole rings is 1. The predicted octanol–water partition coefficient (Wildman–Crippen LogP) is -0.327. The number of hydrogen-bond acceptors (Lipinski definition) is 3. The summed E-state index contributed by atoms with van der Waals surface area (Å²) >= 11 is 0. The van der Waals surface area contributed by atoms with Gasteiger partial charge in [0.15, 0.2) is 0 Å². The Bertz CT molecular complexity index is 217. The molecule has 0 saturated heterocycles. The highest BCUT2D eigenvalue weighted by atomic mass is 16.3. The summed E-state index contributed by atoms with van der Waals surface area (Å²) in [4.78, 5) is 3.95. The van der Waals surface area contributed by atoms with Gasteiger partial charge in [-0.15, -0.1) is 0 Å². The second-order valence-electron chi connectivity index (χ2n) is 2.45. The van der Waals surface area contributed by atoms with E-state index in [1.54, 1.807) is 12.5 Å². The molecule has 1 atom stereocenters. The lowest BCUT2D eigenvalue weighted by Gasteiger charge is -2.12. The number of rotatable bonds is 3. The van der Waals surface area contributed by atoms with Crippen molar-refractivity contribution < 1.29 is 5.11 Å². The van der Waals surface area contributed by atoms with Crippen molar-refractivity contribution in [1.82, 2.24) is 14.9 Å². The number of hydrogen-bond donors (Lipinski definition) is 2. The van der Waals surface area contributed by atoms with Crippen molar-refractivity contribution in [2.45, 2.75) is 6.04 Å². The fourth-order valence-electron chi connectivity index (χ4n) is 1.04. The molecule has 0 aliphatic rings. The van der Waals surface area contributed by atoms with Gasteiger partial charge in [-0.1, -0.05) is 0 Å². The Kier molecular flexibility index (Phi) is 2.62. The molecule has 0 fully saturated rings. The lowest BCUT2D eigenvalue weighted by molar-refractivity contribution is 0.246. The average Bonchev–Trinajstić information content (AvgIpc) is 2.40. The molecule has 0 radical (unpaired) electrons. The number of aliphatic hydroxyl groups excluding tert-OH is 1. The Labute approximate surface area is 65.9 Å². The number of aryl methyl sites for hydroxylation is 1. The molecule has 0 saturated carbocycles. The van der Waals surface area contributed by atoms with Gasteiger partial charge in [-0.2, -0.15) is 0 Å². The van der Waals surface area contributed by atoms with Gasteiger partial charge < -0.3 is 15.0 Å². The van der Waals surface area contributed by atoms with E-state index in [1.165, 1.54) is 0 Å². The summed E-state index contributed by atoms with van der Waals surface area (Å²) in [7, 11) is 3.72. The van der Waals surface area contributed by atoms with Crippen LogP contribution in [-0.4, -0.2) is 28.3 Å². The van der Waals surface area contributed by atoms with E-state index >= 15 is 0 Å². The minimum absolute atomic E-state index is 0.0116. The summed E-state index contributed by atoms with van der Waals surface area (Å²) in [5.41, 5.74) is 0.995. The minimum atomic E-state index is -0.0116. The molecule has 4 heteroatoms. The smallest absolute Gasteiger partial charge is 0.0946 e. The molecule has 0 spiro atoms. The summed E-state index contributed by atoms with van der Waals surface area (Å²) in [6.07, 6.45) is 3.46. The van der Waals surface area contributed by atoms with Crippen LogP contribution in [-0.2, 0) is 7.05 Å². The van der Waals surface area contributed by atoms with E-state index in [-0.39, 0.29) is 12.6 Å². The summed E-state index contributed by atoms with van der Waals surface area (Å²) in [6, 6.07) is -0.0116. The number of likely N-dealkylation sites (N-methyl/N-ethyl adjacent to an activating group) is 1. The molecule has 62 valence electrons. The molecule has 0 aliphatic carbocycles. The standard InChI is InChI=1S/C7H13N3O/c1-8-6(4-11)7-3-9-5-10(7)2/h3,5-6,8,11H,4H2,1-2H3. The Balaban J connectivity index is 2.81. The third kappa shape index (κ3) is 1.58. The zero-order chi connectivity index (χ0) is 8.27. The molecular weight excluding hydrogens is 142 g/mol. The molecule has 4 nitrogen and oxygen atoms in total. The number of nitrogens with zero attached hydrogens (tertiary/aromatic N) is 2. The second kappa shape index (κ2) is 3.50. The van der Waals surface area contributed by atoms with Crippen molar-refractivity contribution in [2.75, 3.05) is 13.7 Å². The Hall–Kier alpha value is -0.870. The van der Waals surface area contributed by atoms with E-state index in [0.717, 1.165) is 5.69 Å². The fourth-order valence-corrected chi connectivity index (χ4v) is 1.04. The van der Waals surface area contributed by atoms with Gasteiger partial charge in [0, 0.05) is 13.2 Å². The maximum atomic E-state index is 8.92. The summed E-state index contributed by atoms with van der Waals surface area (Å²) < 4.78 is 1.89. The lowest BCUT2D eigenvalue weighted by atomic mass is 10.2. The average molecular weight is 155 g/mol. The summed E-state index contributed by atoms with van der Waals surface area (Å²) in [5.74, 6) is 0. The summed E-state index contributed by atoms with van der Waals surface area (Å²) in [5, 5.41) is 11.9. The van der Waals surface area contributed by atoms with Crippen molar-refractivity contribution in [2.24, 2.45) is 7.05 Å². The monoisotopic (exact) mass is 155 g/mol. The van der Waals surface area contributed by atoms with Crippen LogP contribution in [0.1, 0.15) is 11.7 Å². The topological polar surface area (TPSA) is 50.1 Å². The molecule has 0 aliphatic heterocycles. The quantitative estimate of drug-likeness (QED) is 0.628. The van der Waals surface area contributed by atoms with E-state index in [1.807, 2.05) is 18.7 Å². The van der Waals surface area contributed by atoms with E-state index in [2.05, 4.69) is 10.3 Å². The molecular formula is C7H13N3O. The second-order valence-corrected chi connectivity index (χ2v) is 2.45.